The first kappa shape index (κ1) is 13.9. The largest absolute Gasteiger partial charge is 0.382 e. The van der Waals surface area contributed by atoms with Crippen LogP contribution in [0.15, 0.2) is 22.7 Å². The second kappa shape index (κ2) is 5.24. The molecule has 1 heterocycles. The van der Waals surface area contributed by atoms with E-state index in [-0.39, 0.29) is 28.9 Å². The second-order valence-corrected chi connectivity index (χ2v) is 4.78. The minimum atomic E-state index is -0.911. The number of benzene rings is 1. The highest BCUT2D eigenvalue weighted by molar-refractivity contribution is 6.31. The van der Waals surface area contributed by atoms with Crippen LogP contribution in [-0.2, 0) is 10.3 Å². The van der Waals surface area contributed by atoms with Gasteiger partial charge in [-0.1, -0.05) is 22.8 Å². The van der Waals surface area contributed by atoms with Gasteiger partial charge in [-0.15, -0.1) is 0 Å². The van der Waals surface area contributed by atoms with E-state index in [2.05, 4.69) is 10.1 Å². The second-order valence-electron chi connectivity index (χ2n) is 4.37. The number of methoxy groups -OCH3 is 1. The summed E-state index contributed by atoms with van der Waals surface area (Å²) >= 11 is 5.70. The molecule has 0 amide bonds. The molecule has 0 fully saturated rings. The number of hydrogen-bond donors (Lipinski definition) is 1. The smallest absolute Gasteiger partial charge is 0.261 e. The van der Waals surface area contributed by atoms with E-state index in [1.807, 2.05) is 0 Å². The molecule has 19 heavy (non-hydrogen) atoms. The van der Waals surface area contributed by atoms with Crippen LogP contribution in [0.4, 0.5) is 4.39 Å². The molecule has 0 radical (unpaired) electrons. The third-order valence-electron chi connectivity index (χ3n) is 2.56. The lowest BCUT2D eigenvalue weighted by atomic mass is 10.1. The Morgan fingerprint density at radius 3 is 2.95 bits per heavy atom. The number of nitrogens with two attached hydrogens (primary N) is 1. The molecule has 7 heteroatoms. The average molecular weight is 286 g/mol. The van der Waals surface area contributed by atoms with Gasteiger partial charge in [-0.25, -0.2) is 4.39 Å². The van der Waals surface area contributed by atoms with Crippen molar-refractivity contribution in [1.82, 2.24) is 10.1 Å². The van der Waals surface area contributed by atoms with Gasteiger partial charge in [0.05, 0.1) is 17.2 Å². The van der Waals surface area contributed by atoms with Gasteiger partial charge in [-0.2, -0.15) is 4.98 Å². The van der Waals surface area contributed by atoms with Gasteiger partial charge in [0.1, 0.15) is 5.54 Å². The standard InChI is InChI=1S/C12H13ClFN3O2/c1-12(15,6-18-2)11-16-10(19-17-11)7-4-3-5-8(13)9(7)14/h3-5H,6,15H2,1-2H3. The summed E-state index contributed by atoms with van der Waals surface area (Å²) in [5, 5.41) is 3.74. The molecular weight excluding hydrogens is 273 g/mol. The quantitative estimate of drug-likeness (QED) is 0.933. The molecule has 0 saturated carbocycles. The van der Waals surface area contributed by atoms with Gasteiger partial charge < -0.3 is 15.0 Å². The van der Waals surface area contributed by atoms with E-state index in [0.717, 1.165) is 0 Å². The van der Waals surface area contributed by atoms with Crippen LogP contribution in [0.25, 0.3) is 11.5 Å². The van der Waals surface area contributed by atoms with Crippen LogP contribution < -0.4 is 5.73 Å². The van der Waals surface area contributed by atoms with Crippen molar-refractivity contribution in [1.29, 1.82) is 0 Å². The highest BCUT2D eigenvalue weighted by Gasteiger charge is 2.28. The number of ether oxygens (including phenoxy) is 1. The van der Waals surface area contributed by atoms with E-state index >= 15 is 0 Å². The molecule has 1 aromatic heterocycles. The van der Waals surface area contributed by atoms with Gasteiger partial charge in [0.25, 0.3) is 5.89 Å². The molecule has 0 aliphatic carbocycles. The summed E-state index contributed by atoms with van der Waals surface area (Å²) in [7, 11) is 1.52. The fraction of sp³-hybridized carbons (Fsp3) is 0.333. The zero-order chi connectivity index (χ0) is 14.0. The number of rotatable bonds is 4. The van der Waals surface area contributed by atoms with Crippen molar-refractivity contribution in [2.75, 3.05) is 13.7 Å². The number of hydrogen-bond acceptors (Lipinski definition) is 5. The minimum absolute atomic E-state index is 0.00958. The Bertz CT molecular complexity index is 586. The molecule has 0 aliphatic rings. The average Bonchev–Trinajstić information content (AvgIpc) is 2.82. The zero-order valence-electron chi connectivity index (χ0n) is 10.5. The third-order valence-corrected chi connectivity index (χ3v) is 2.85. The van der Waals surface area contributed by atoms with Gasteiger partial charge >= 0.3 is 0 Å². The monoisotopic (exact) mass is 285 g/mol. The molecule has 0 bridgehead atoms. The maximum atomic E-state index is 13.8. The summed E-state index contributed by atoms with van der Waals surface area (Å²) in [5.74, 6) is -0.337. The van der Waals surface area contributed by atoms with E-state index in [0.29, 0.717) is 0 Å². The molecule has 0 saturated heterocycles. The summed E-state index contributed by atoms with van der Waals surface area (Å²) in [6.45, 7) is 1.91. The molecule has 102 valence electrons. The summed E-state index contributed by atoms with van der Waals surface area (Å²) < 4.78 is 23.8. The third kappa shape index (κ3) is 2.75. The molecule has 1 atom stereocenters. The molecule has 1 aromatic carbocycles. The maximum absolute atomic E-state index is 13.8. The van der Waals surface area contributed by atoms with Gasteiger partial charge in [0, 0.05) is 7.11 Å². The normalized spacial score (nSPS) is 14.4. The lowest BCUT2D eigenvalue weighted by Crippen LogP contribution is -2.38. The van der Waals surface area contributed by atoms with Gasteiger partial charge in [0.2, 0.25) is 0 Å². The van der Waals surface area contributed by atoms with Crippen LogP contribution in [0.5, 0.6) is 0 Å². The Morgan fingerprint density at radius 2 is 2.26 bits per heavy atom. The van der Waals surface area contributed by atoms with Gasteiger partial charge in [0.15, 0.2) is 11.6 Å². The highest BCUT2D eigenvalue weighted by atomic mass is 35.5. The van der Waals surface area contributed by atoms with Crippen molar-refractivity contribution in [2.24, 2.45) is 5.73 Å². The summed E-state index contributed by atoms with van der Waals surface area (Å²) in [4.78, 5) is 4.09. The summed E-state index contributed by atoms with van der Waals surface area (Å²) in [6, 6.07) is 4.54. The van der Waals surface area contributed by atoms with Crippen molar-refractivity contribution in [3.05, 3.63) is 34.9 Å². The van der Waals surface area contributed by atoms with Crippen molar-refractivity contribution < 1.29 is 13.7 Å². The fourth-order valence-electron chi connectivity index (χ4n) is 1.60. The van der Waals surface area contributed by atoms with Crippen LogP contribution in [0.1, 0.15) is 12.7 Å². The van der Waals surface area contributed by atoms with E-state index in [1.165, 1.54) is 19.2 Å². The van der Waals surface area contributed by atoms with E-state index in [4.69, 9.17) is 26.6 Å². The summed E-state index contributed by atoms with van der Waals surface area (Å²) in [5.41, 5.74) is 5.21. The molecule has 2 aromatic rings. The molecule has 0 aliphatic heterocycles. The number of nitrogens with zero attached hydrogens (tertiary/aromatic N) is 2. The number of halogens is 2. The Labute approximate surface area is 114 Å². The maximum Gasteiger partial charge on any atom is 0.261 e. The highest BCUT2D eigenvalue weighted by Crippen LogP contribution is 2.27. The van der Waals surface area contributed by atoms with Crippen LogP contribution in [-0.4, -0.2) is 23.9 Å². The predicted molar refractivity (Wildman–Crippen MR) is 68.1 cm³/mol. The molecular formula is C12H13ClFN3O2. The lowest BCUT2D eigenvalue weighted by molar-refractivity contribution is 0.135. The van der Waals surface area contributed by atoms with E-state index in [9.17, 15) is 4.39 Å². The van der Waals surface area contributed by atoms with Crippen LogP contribution in [0, 0.1) is 5.82 Å². The molecule has 5 nitrogen and oxygen atoms in total. The Balaban J connectivity index is 2.39. The molecule has 2 rings (SSSR count). The lowest BCUT2D eigenvalue weighted by Gasteiger charge is -2.18. The topological polar surface area (TPSA) is 74.2 Å². The van der Waals surface area contributed by atoms with Crippen molar-refractivity contribution in [2.45, 2.75) is 12.5 Å². The first-order chi connectivity index (χ1) is 8.95. The van der Waals surface area contributed by atoms with Gasteiger partial charge in [-0.3, -0.25) is 0 Å². The van der Waals surface area contributed by atoms with Crippen LogP contribution >= 0.6 is 11.6 Å². The van der Waals surface area contributed by atoms with Crippen LogP contribution in [0.3, 0.4) is 0 Å². The molecule has 1 unspecified atom stereocenters. The number of aromatic nitrogens is 2. The zero-order valence-corrected chi connectivity index (χ0v) is 11.2. The van der Waals surface area contributed by atoms with Crippen molar-refractivity contribution in [3.8, 4) is 11.5 Å². The SMILES string of the molecule is COCC(C)(N)c1noc(-c2cccc(Cl)c2F)n1. The van der Waals surface area contributed by atoms with Crippen LogP contribution in [0.2, 0.25) is 5.02 Å². The Kier molecular flexibility index (Phi) is 3.84. The van der Waals surface area contributed by atoms with Gasteiger partial charge in [-0.05, 0) is 19.1 Å². The Morgan fingerprint density at radius 1 is 1.53 bits per heavy atom. The first-order valence-corrected chi connectivity index (χ1v) is 5.90. The fourth-order valence-corrected chi connectivity index (χ4v) is 1.77. The van der Waals surface area contributed by atoms with Crippen molar-refractivity contribution in [3.63, 3.8) is 0 Å². The summed E-state index contributed by atoms with van der Waals surface area (Å²) in [6.07, 6.45) is 0. The first-order valence-electron chi connectivity index (χ1n) is 5.52. The predicted octanol–water partition coefficient (Wildman–Crippen LogP) is 2.35. The minimum Gasteiger partial charge on any atom is -0.382 e. The van der Waals surface area contributed by atoms with E-state index in [1.54, 1.807) is 13.0 Å². The Hall–Kier alpha value is -1.50. The molecule has 0 spiro atoms. The van der Waals surface area contributed by atoms with E-state index < -0.39 is 11.4 Å². The molecule has 2 N–H and O–H groups in total. The van der Waals surface area contributed by atoms with Crippen molar-refractivity contribution >= 4 is 11.6 Å².